The molecule has 1 aromatic carbocycles. The van der Waals surface area contributed by atoms with Crippen LogP contribution in [-0.2, 0) is 23.9 Å². The van der Waals surface area contributed by atoms with Crippen LogP contribution >= 0.6 is 0 Å². The number of benzene rings is 1. The zero-order valence-electron chi connectivity index (χ0n) is 21.4. The van der Waals surface area contributed by atoms with E-state index in [-0.39, 0.29) is 41.4 Å². The van der Waals surface area contributed by atoms with Gasteiger partial charge in [0.05, 0.1) is 26.4 Å². The first kappa shape index (κ1) is 27.8. The van der Waals surface area contributed by atoms with Crippen molar-refractivity contribution in [3.63, 3.8) is 0 Å². The Bertz CT molecular complexity index is 895. The van der Waals surface area contributed by atoms with Crippen LogP contribution in [0, 0.1) is 24.7 Å². The summed E-state index contributed by atoms with van der Waals surface area (Å²) in [4.78, 5) is 49.9. The van der Waals surface area contributed by atoms with E-state index >= 15 is 0 Å². The van der Waals surface area contributed by atoms with Crippen LogP contribution in [0.1, 0.15) is 54.9 Å². The minimum Gasteiger partial charge on any atom is -0.377 e. The number of hydrogen-bond acceptors (Lipinski definition) is 6. The first-order valence-electron chi connectivity index (χ1n) is 13.0. The molecule has 1 aromatic rings. The third kappa shape index (κ3) is 8.41. The van der Waals surface area contributed by atoms with Crippen LogP contribution in [0.15, 0.2) is 24.3 Å². The Labute approximate surface area is 213 Å². The SMILES string of the molecule is Cc1ccc(C(=O)NCCOCCOCCNC(=O)C2CCC(CN3C(=O)CC(C)C3=O)CC2)cc1. The van der Waals surface area contributed by atoms with Crippen molar-refractivity contribution in [3.8, 4) is 0 Å². The summed E-state index contributed by atoms with van der Waals surface area (Å²) in [6, 6.07) is 7.40. The van der Waals surface area contributed by atoms with Gasteiger partial charge < -0.3 is 20.1 Å². The van der Waals surface area contributed by atoms with Gasteiger partial charge in [0.2, 0.25) is 17.7 Å². The van der Waals surface area contributed by atoms with Crippen molar-refractivity contribution in [3.05, 3.63) is 35.4 Å². The molecule has 36 heavy (non-hydrogen) atoms. The van der Waals surface area contributed by atoms with Crippen molar-refractivity contribution in [1.29, 1.82) is 0 Å². The molecule has 1 atom stereocenters. The van der Waals surface area contributed by atoms with E-state index in [1.54, 1.807) is 19.1 Å². The van der Waals surface area contributed by atoms with E-state index in [2.05, 4.69) is 10.6 Å². The van der Waals surface area contributed by atoms with E-state index < -0.39 is 0 Å². The van der Waals surface area contributed by atoms with E-state index in [4.69, 9.17) is 9.47 Å². The Morgan fingerprint density at radius 3 is 2.11 bits per heavy atom. The molecule has 9 heteroatoms. The summed E-state index contributed by atoms with van der Waals surface area (Å²) in [5.41, 5.74) is 1.74. The predicted molar refractivity (Wildman–Crippen MR) is 134 cm³/mol. The minimum atomic E-state index is -0.203. The highest BCUT2D eigenvalue weighted by molar-refractivity contribution is 6.03. The molecule has 0 radical (unpaired) electrons. The number of carbonyl (C=O) groups is 4. The van der Waals surface area contributed by atoms with Gasteiger partial charge in [0, 0.05) is 43.5 Å². The van der Waals surface area contributed by atoms with Crippen molar-refractivity contribution >= 4 is 23.6 Å². The molecule has 1 saturated carbocycles. The normalized spacial score (nSPS) is 22.1. The van der Waals surface area contributed by atoms with Gasteiger partial charge in [-0.15, -0.1) is 0 Å². The molecule has 0 bridgehead atoms. The molecule has 4 amide bonds. The summed E-state index contributed by atoms with van der Waals surface area (Å²) in [7, 11) is 0. The zero-order chi connectivity index (χ0) is 25.9. The number of hydrogen-bond donors (Lipinski definition) is 2. The molecule has 1 saturated heterocycles. The molecule has 2 fully saturated rings. The van der Waals surface area contributed by atoms with Crippen molar-refractivity contribution in [2.75, 3.05) is 46.1 Å². The number of likely N-dealkylation sites (tertiary alicyclic amines) is 1. The Kier molecular flexibility index (Phi) is 10.9. The number of imide groups is 1. The summed E-state index contributed by atoms with van der Waals surface area (Å²) in [5, 5.41) is 5.75. The molecule has 9 nitrogen and oxygen atoms in total. The van der Waals surface area contributed by atoms with Crippen LogP contribution in [0.4, 0.5) is 0 Å². The number of nitrogens with zero attached hydrogens (tertiary/aromatic N) is 1. The fraction of sp³-hybridized carbons (Fsp3) is 0.630. The average Bonchev–Trinajstić information content (AvgIpc) is 3.11. The summed E-state index contributed by atoms with van der Waals surface area (Å²) in [5.74, 6) is -0.150. The summed E-state index contributed by atoms with van der Waals surface area (Å²) in [6.45, 7) is 6.78. The molecular weight excluding hydrogens is 462 g/mol. The smallest absolute Gasteiger partial charge is 0.251 e. The van der Waals surface area contributed by atoms with Gasteiger partial charge in [-0.2, -0.15) is 0 Å². The van der Waals surface area contributed by atoms with Crippen LogP contribution in [0.3, 0.4) is 0 Å². The third-order valence-electron chi connectivity index (χ3n) is 6.89. The minimum absolute atomic E-state index is 0.0244. The number of ether oxygens (including phenoxy) is 2. The van der Waals surface area contributed by atoms with Gasteiger partial charge in [-0.25, -0.2) is 0 Å². The molecule has 2 N–H and O–H groups in total. The predicted octanol–water partition coefficient (Wildman–Crippen LogP) is 2.08. The first-order valence-corrected chi connectivity index (χ1v) is 13.0. The summed E-state index contributed by atoms with van der Waals surface area (Å²) < 4.78 is 11.0. The fourth-order valence-corrected chi connectivity index (χ4v) is 4.66. The van der Waals surface area contributed by atoms with Gasteiger partial charge in [-0.3, -0.25) is 24.1 Å². The highest BCUT2D eigenvalue weighted by Crippen LogP contribution is 2.31. The van der Waals surface area contributed by atoms with Crippen molar-refractivity contribution in [2.24, 2.45) is 17.8 Å². The van der Waals surface area contributed by atoms with E-state index in [0.717, 1.165) is 31.2 Å². The van der Waals surface area contributed by atoms with Gasteiger partial charge in [-0.1, -0.05) is 24.6 Å². The Morgan fingerprint density at radius 2 is 1.53 bits per heavy atom. The van der Waals surface area contributed by atoms with Crippen LogP contribution < -0.4 is 10.6 Å². The summed E-state index contributed by atoms with van der Waals surface area (Å²) >= 11 is 0. The molecule has 2 aliphatic rings. The maximum absolute atomic E-state index is 12.4. The van der Waals surface area contributed by atoms with Crippen LogP contribution in [0.2, 0.25) is 0 Å². The second kappa shape index (κ2) is 14.1. The lowest BCUT2D eigenvalue weighted by atomic mass is 9.81. The second-order valence-corrected chi connectivity index (χ2v) is 9.80. The number of nitrogens with one attached hydrogen (secondary N) is 2. The standard InChI is InChI=1S/C27H39N3O6/c1-19-3-7-22(8-4-19)25(32)28-11-13-35-15-16-36-14-12-29-26(33)23-9-5-21(6-10-23)18-30-24(31)17-20(2)27(30)34/h3-4,7-8,20-21,23H,5-6,9-18H2,1-2H3,(H,28,32)(H,29,33). The molecular formula is C27H39N3O6. The quantitative estimate of drug-likeness (QED) is 0.316. The van der Waals surface area contributed by atoms with Gasteiger partial charge >= 0.3 is 0 Å². The van der Waals surface area contributed by atoms with Gasteiger partial charge in [0.1, 0.15) is 0 Å². The number of aryl methyl sites for hydroxylation is 1. The van der Waals surface area contributed by atoms with E-state index in [1.165, 1.54) is 4.90 Å². The van der Waals surface area contributed by atoms with Crippen molar-refractivity contribution < 1.29 is 28.7 Å². The largest absolute Gasteiger partial charge is 0.377 e. The Balaban J connectivity index is 1.16. The van der Waals surface area contributed by atoms with Crippen molar-refractivity contribution in [2.45, 2.75) is 46.0 Å². The molecule has 1 aliphatic carbocycles. The van der Waals surface area contributed by atoms with Gasteiger partial charge in [-0.05, 0) is 50.7 Å². The number of amides is 4. The summed E-state index contributed by atoms with van der Waals surface area (Å²) in [6.07, 6.45) is 3.57. The van der Waals surface area contributed by atoms with Crippen LogP contribution in [0.5, 0.6) is 0 Å². The lowest BCUT2D eigenvalue weighted by molar-refractivity contribution is -0.140. The third-order valence-corrected chi connectivity index (χ3v) is 6.89. The van der Waals surface area contributed by atoms with Gasteiger partial charge in [0.25, 0.3) is 5.91 Å². The monoisotopic (exact) mass is 501 g/mol. The highest BCUT2D eigenvalue weighted by Gasteiger charge is 2.37. The van der Waals surface area contributed by atoms with Gasteiger partial charge in [0.15, 0.2) is 0 Å². The number of carbonyl (C=O) groups excluding carboxylic acids is 4. The number of rotatable bonds is 13. The van der Waals surface area contributed by atoms with Crippen LogP contribution in [-0.4, -0.2) is 74.6 Å². The van der Waals surface area contributed by atoms with Crippen LogP contribution in [0.25, 0.3) is 0 Å². The van der Waals surface area contributed by atoms with Crippen molar-refractivity contribution in [1.82, 2.24) is 15.5 Å². The topological polar surface area (TPSA) is 114 Å². The maximum Gasteiger partial charge on any atom is 0.251 e. The van der Waals surface area contributed by atoms with E-state index in [0.29, 0.717) is 58.0 Å². The Hall–Kier alpha value is -2.78. The maximum atomic E-state index is 12.4. The fourth-order valence-electron chi connectivity index (χ4n) is 4.66. The average molecular weight is 502 g/mol. The molecule has 0 spiro atoms. The highest BCUT2D eigenvalue weighted by atomic mass is 16.5. The second-order valence-electron chi connectivity index (χ2n) is 9.80. The Morgan fingerprint density at radius 1 is 0.917 bits per heavy atom. The molecule has 198 valence electrons. The lowest BCUT2D eigenvalue weighted by Gasteiger charge is -2.30. The molecule has 1 unspecified atom stereocenters. The molecule has 3 rings (SSSR count). The first-order chi connectivity index (χ1) is 17.3. The van der Waals surface area contributed by atoms with E-state index in [9.17, 15) is 19.2 Å². The molecule has 1 heterocycles. The zero-order valence-corrected chi connectivity index (χ0v) is 21.4. The van der Waals surface area contributed by atoms with E-state index in [1.807, 2.05) is 19.1 Å². The lowest BCUT2D eigenvalue weighted by Crippen LogP contribution is -2.39. The molecule has 0 aromatic heterocycles. The molecule has 1 aliphatic heterocycles.